The van der Waals surface area contributed by atoms with E-state index in [2.05, 4.69) is 24.9 Å². The number of aliphatic hydroxyl groups is 2. The summed E-state index contributed by atoms with van der Waals surface area (Å²) in [4.78, 5) is 47.9. The van der Waals surface area contributed by atoms with Crippen LogP contribution in [0, 0.1) is 33.7 Å². The molecule has 3 N–H and O–H groups in total. The van der Waals surface area contributed by atoms with Crippen molar-refractivity contribution < 1.29 is 48.2 Å². The van der Waals surface area contributed by atoms with Gasteiger partial charge in [0.2, 0.25) is 11.7 Å². The Morgan fingerprint density at radius 3 is 2.24 bits per heavy atom. The highest BCUT2D eigenvalue weighted by atomic mass is 19.1. The molecular weight excluding hydrogens is 968 g/mol. The minimum Gasteiger partial charge on any atom is -0.459 e. The van der Waals surface area contributed by atoms with Gasteiger partial charge in [0.15, 0.2) is 0 Å². The van der Waals surface area contributed by atoms with Gasteiger partial charge in [-0.2, -0.15) is 0 Å². The summed E-state index contributed by atoms with van der Waals surface area (Å²) in [6, 6.07) is 26.3. The molecule has 2 amide bonds. The Morgan fingerprint density at radius 1 is 0.868 bits per heavy atom. The molecule has 0 spiro atoms. The van der Waals surface area contributed by atoms with Crippen molar-refractivity contribution in [3.05, 3.63) is 160 Å². The summed E-state index contributed by atoms with van der Waals surface area (Å²) in [5, 5.41) is 39.4. The van der Waals surface area contributed by atoms with Crippen molar-refractivity contribution in [2.24, 2.45) is 22.9 Å². The van der Waals surface area contributed by atoms with Crippen LogP contribution in [0.5, 0.6) is 11.5 Å². The highest BCUT2D eigenvalue weighted by Crippen LogP contribution is 2.62. The van der Waals surface area contributed by atoms with Gasteiger partial charge in [-0.15, -0.1) is 6.58 Å². The van der Waals surface area contributed by atoms with Gasteiger partial charge in [-0.3, -0.25) is 14.9 Å². The number of benzene rings is 4. The van der Waals surface area contributed by atoms with Gasteiger partial charge in [-0.05, 0) is 109 Å². The van der Waals surface area contributed by atoms with E-state index in [1.807, 2.05) is 41.3 Å². The van der Waals surface area contributed by atoms with Gasteiger partial charge in [-0.25, -0.2) is 9.18 Å². The van der Waals surface area contributed by atoms with Gasteiger partial charge in [0, 0.05) is 62.8 Å². The molecule has 3 aliphatic rings. The van der Waals surface area contributed by atoms with Crippen LogP contribution in [-0.4, -0.2) is 69.4 Å². The van der Waals surface area contributed by atoms with Gasteiger partial charge < -0.3 is 39.5 Å². The number of aliphatic hydroxyl groups excluding tert-OH is 2. The van der Waals surface area contributed by atoms with E-state index in [1.54, 1.807) is 42.5 Å². The van der Waals surface area contributed by atoms with Crippen molar-refractivity contribution in [2.75, 3.05) is 19.8 Å². The van der Waals surface area contributed by atoms with E-state index in [-0.39, 0.29) is 75.8 Å². The number of unbranched alkanes of at least 4 members (excludes halogenated alkanes) is 10. The van der Waals surface area contributed by atoms with Gasteiger partial charge in [0.1, 0.15) is 30.0 Å². The molecule has 0 radical (unpaired) electrons. The zero-order chi connectivity index (χ0) is 53.7. The van der Waals surface area contributed by atoms with Crippen LogP contribution in [0.4, 0.5) is 14.9 Å². The predicted molar refractivity (Wildman–Crippen MR) is 291 cm³/mol. The quantitative estimate of drug-likeness (QED) is 0.0190. The van der Waals surface area contributed by atoms with Gasteiger partial charge >= 0.3 is 6.09 Å². The fourth-order valence-corrected chi connectivity index (χ4v) is 11.4. The summed E-state index contributed by atoms with van der Waals surface area (Å²) in [5.74, 6) is -2.49. The zero-order valence-electron chi connectivity index (χ0n) is 44.1. The molecule has 6 atom stereocenters. The summed E-state index contributed by atoms with van der Waals surface area (Å²) in [6.45, 7) is 6.76. The molecule has 4 aromatic rings. The molecule has 14 nitrogen and oxygen atoms in total. The summed E-state index contributed by atoms with van der Waals surface area (Å²) in [7, 11) is 0. The number of hydrogen-bond acceptors (Lipinski definition) is 11. The highest BCUT2D eigenvalue weighted by molar-refractivity contribution is 6.03. The van der Waals surface area contributed by atoms with Crippen molar-refractivity contribution in [3.63, 3.8) is 0 Å². The van der Waals surface area contributed by atoms with Crippen LogP contribution in [0.15, 0.2) is 127 Å². The molecule has 2 aliphatic carbocycles. The smallest absolute Gasteiger partial charge is 0.412 e. The molecule has 4 aromatic carbocycles. The molecule has 7 rings (SSSR count). The lowest BCUT2D eigenvalue weighted by Crippen LogP contribution is -2.70. The first-order chi connectivity index (χ1) is 37.1. The molecule has 1 aliphatic heterocycles. The second-order valence-corrected chi connectivity index (χ2v) is 20.4. The number of rotatable bonds is 31. The number of nitrogens with one attached hydrogen (secondary N) is 1. The lowest BCUT2D eigenvalue weighted by Gasteiger charge is -2.60. The molecule has 15 heteroatoms. The van der Waals surface area contributed by atoms with Crippen LogP contribution in [-0.2, 0) is 34.1 Å². The minimum atomic E-state index is -1.57. The highest BCUT2D eigenvalue weighted by Gasteiger charge is 2.65. The molecule has 1 heterocycles. The largest absolute Gasteiger partial charge is 0.459 e. The molecule has 0 saturated heterocycles. The number of fused-ring (bicyclic) bond motifs is 2. The normalized spacial score (nSPS) is 20.9. The fraction of sp³-hybridized carbons (Fsp3) is 0.492. The molecule has 0 aromatic heterocycles. The Balaban J connectivity index is 1.36. The average Bonchev–Trinajstić information content (AvgIpc) is 3.56. The predicted octanol–water partition coefficient (Wildman–Crippen LogP) is 12.8. The Hall–Kier alpha value is -6.42. The minimum absolute atomic E-state index is 0.00144. The summed E-state index contributed by atoms with van der Waals surface area (Å²) in [5.41, 5.74) is 4.40. The van der Waals surface area contributed by atoms with Crippen LogP contribution < -0.4 is 14.8 Å². The molecule has 1 saturated carbocycles. The number of halogens is 1. The zero-order valence-corrected chi connectivity index (χ0v) is 44.1. The van der Waals surface area contributed by atoms with E-state index in [0.29, 0.717) is 60.4 Å². The number of non-ortho nitro benzene ring substituents is 1. The number of allylic oxidation sites excluding steroid dienone is 1. The second-order valence-electron chi connectivity index (χ2n) is 20.4. The van der Waals surface area contributed by atoms with Crippen molar-refractivity contribution in [2.45, 2.75) is 154 Å². The molecular formula is C61H77FN4O10. The topological polar surface area (TPSA) is 182 Å². The summed E-state index contributed by atoms with van der Waals surface area (Å²) in [6.07, 6.45) is 17.4. The Bertz CT molecular complexity index is 2560. The van der Waals surface area contributed by atoms with Gasteiger partial charge in [0.05, 0.1) is 23.2 Å². The molecule has 408 valence electrons. The van der Waals surface area contributed by atoms with E-state index in [0.717, 1.165) is 48.8 Å². The van der Waals surface area contributed by atoms with Crippen LogP contribution in [0.1, 0.15) is 144 Å². The number of ether oxygens (including phenoxy) is 3. The third kappa shape index (κ3) is 15.2. The summed E-state index contributed by atoms with van der Waals surface area (Å²) >= 11 is 0. The fourth-order valence-electron chi connectivity index (χ4n) is 11.4. The lowest BCUT2D eigenvalue weighted by molar-refractivity contribution is -0.384. The Labute approximate surface area is 447 Å². The lowest BCUT2D eigenvalue weighted by atomic mass is 9.55. The maximum Gasteiger partial charge on any atom is 0.412 e. The van der Waals surface area contributed by atoms with Crippen molar-refractivity contribution in [1.82, 2.24) is 10.2 Å². The van der Waals surface area contributed by atoms with Crippen LogP contribution >= 0.6 is 0 Å². The number of oxime groups is 1. The first-order valence-electron chi connectivity index (χ1n) is 27.6. The molecule has 6 unspecified atom stereocenters. The van der Waals surface area contributed by atoms with E-state index >= 15 is 4.79 Å². The second kappa shape index (κ2) is 29.2. The van der Waals surface area contributed by atoms with Crippen molar-refractivity contribution in [3.8, 4) is 11.5 Å². The van der Waals surface area contributed by atoms with E-state index in [1.165, 1.54) is 56.4 Å². The first kappa shape index (κ1) is 57.3. The Kier molecular flexibility index (Phi) is 22.0. The van der Waals surface area contributed by atoms with Crippen molar-refractivity contribution >= 4 is 23.4 Å². The number of carbonyl (C=O) groups is 2. The van der Waals surface area contributed by atoms with Crippen LogP contribution in [0.3, 0.4) is 0 Å². The number of nitro benzene ring substituents is 1. The number of amides is 2. The van der Waals surface area contributed by atoms with E-state index in [4.69, 9.17) is 24.2 Å². The molecule has 76 heavy (non-hydrogen) atoms. The van der Waals surface area contributed by atoms with Gasteiger partial charge in [0.25, 0.3) is 5.69 Å². The maximum absolute atomic E-state index is 15.3. The SMILES string of the molecule is C=CCOC12Oc3ccc(OC(=O)NCc4ccccc4)cc3C3C(CCCCO)C(CCCCO)C=C(C(=NOCc4ccc([N+](=O)[O-])cc4)CC1N(Cc1ccc(F)cc1)C(=O)CCCCCCCCCCC)C32. The summed E-state index contributed by atoms with van der Waals surface area (Å²) < 4.78 is 35.2. The number of nitrogens with zero attached hydrogens (tertiary/aromatic N) is 3. The molecule has 0 bridgehead atoms. The molecule has 1 fully saturated rings. The van der Waals surface area contributed by atoms with Gasteiger partial charge in [-0.1, -0.05) is 131 Å². The third-order valence-electron chi connectivity index (χ3n) is 15.1. The van der Waals surface area contributed by atoms with Crippen molar-refractivity contribution in [1.29, 1.82) is 0 Å². The Morgan fingerprint density at radius 2 is 1.55 bits per heavy atom. The van der Waals surface area contributed by atoms with E-state index < -0.39 is 40.5 Å². The van der Waals surface area contributed by atoms with E-state index in [9.17, 15) is 29.5 Å². The average molecular weight is 1050 g/mol. The third-order valence-corrected chi connectivity index (χ3v) is 15.1. The van der Waals surface area contributed by atoms with Crippen LogP contribution in [0.2, 0.25) is 0 Å². The standard InChI is InChI=1S/C61H77FN4O10/c1-3-5-6-7-8-9-10-11-15-24-57(69)65(42-45-25-29-48(62)30-26-45)56-40-54(64-74-43-46-27-31-49(32-28-46)66(71)72)52-38-47(22-16-18-35-67)51(23-17-19-36-68)58-53-39-50(75-60(70)63-41-44-20-13-12-14-21-44)33-34-55(53)76-61(56,59(52)58)73-37-4-2/h4,12-14,20-21,25-34,38-39,47,51,56,58-59,67-68H,2-3,5-11,15-19,22-24,35-37,40-43H2,1H3,(H,63,70). The maximum atomic E-state index is 15.3. The number of hydrogen-bond donors (Lipinski definition) is 3. The van der Waals surface area contributed by atoms with Crippen LogP contribution in [0.25, 0.3) is 0 Å². The monoisotopic (exact) mass is 1040 g/mol. The number of carbonyl (C=O) groups excluding carboxylic acids is 2. The number of nitro groups is 1. The first-order valence-corrected chi connectivity index (χ1v) is 27.6.